The molecule has 7 heteroatoms. The summed E-state index contributed by atoms with van der Waals surface area (Å²) in [6.45, 7) is 2.50. The van der Waals surface area contributed by atoms with Gasteiger partial charge in [0.1, 0.15) is 0 Å². The number of hydrogen-bond donors (Lipinski definition) is 3. The maximum absolute atomic E-state index is 12.7. The molecule has 0 aliphatic heterocycles. The van der Waals surface area contributed by atoms with Crippen molar-refractivity contribution in [3.8, 4) is 0 Å². The van der Waals surface area contributed by atoms with Gasteiger partial charge in [0, 0.05) is 17.8 Å². The molecule has 0 atom stereocenters. The average Bonchev–Trinajstić information content (AvgIpc) is 2.56. The molecule has 0 heterocycles. The van der Waals surface area contributed by atoms with Crippen LogP contribution in [0.15, 0.2) is 64.6 Å². The molecular weight excluding hydrogens is 304 g/mol. The van der Waals surface area contributed by atoms with Gasteiger partial charge in [0.2, 0.25) is 5.96 Å². The third-order valence-electron chi connectivity index (χ3n) is 3.23. The van der Waals surface area contributed by atoms with Crippen LogP contribution in [0.25, 0.3) is 0 Å². The van der Waals surface area contributed by atoms with Crippen LogP contribution in [0.2, 0.25) is 0 Å². The third-order valence-corrected chi connectivity index (χ3v) is 3.23. The molecule has 0 aliphatic carbocycles. The van der Waals surface area contributed by atoms with Gasteiger partial charge in [-0.25, -0.2) is 4.99 Å². The molecule has 0 saturated heterocycles. The number of carbonyl (C=O) groups is 1. The monoisotopic (exact) mass is 324 g/mol. The molecule has 2 aromatic rings. The van der Waals surface area contributed by atoms with Crippen LogP contribution in [0.3, 0.4) is 0 Å². The van der Waals surface area contributed by atoms with Gasteiger partial charge in [-0.2, -0.15) is 4.99 Å². The lowest BCUT2D eigenvalue weighted by atomic mass is 10.1. The van der Waals surface area contributed by atoms with Gasteiger partial charge < -0.3 is 22.1 Å². The van der Waals surface area contributed by atoms with E-state index < -0.39 is 0 Å². The minimum atomic E-state index is -0.163. The SMILES string of the molecule is CCN(C(=O)c1ccc(N=C(N)N=C(N)N)cc1)c1ccccc1. The van der Waals surface area contributed by atoms with E-state index in [1.54, 1.807) is 29.2 Å². The minimum absolute atomic E-state index is 0.0476. The fourth-order valence-electron chi connectivity index (χ4n) is 2.18. The zero-order chi connectivity index (χ0) is 17.5. The van der Waals surface area contributed by atoms with Crippen LogP contribution in [-0.4, -0.2) is 24.4 Å². The van der Waals surface area contributed by atoms with E-state index in [0.29, 0.717) is 17.8 Å². The lowest BCUT2D eigenvalue weighted by Crippen LogP contribution is -2.30. The highest BCUT2D eigenvalue weighted by Crippen LogP contribution is 2.19. The van der Waals surface area contributed by atoms with E-state index >= 15 is 0 Å². The van der Waals surface area contributed by atoms with Crippen molar-refractivity contribution in [3.05, 3.63) is 60.2 Å². The zero-order valence-corrected chi connectivity index (χ0v) is 13.4. The van der Waals surface area contributed by atoms with Crippen molar-refractivity contribution >= 4 is 29.2 Å². The summed E-state index contributed by atoms with van der Waals surface area (Å²) in [5.74, 6) is -0.297. The van der Waals surface area contributed by atoms with E-state index in [-0.39, 0.29) is 17.8 Å². The molecule has 1 amide bonds. The largest absolute Gasteiger partial charge is 0.370 e. The van der Waals surface area contributed by atoms with Gasteiger partial charge in [-0.1, -0.05) is 18.2 Å². The summed E-state index contributed by atoms with van der Waals surface area (Å²) in [6, 6.07) is 16.3. The standard InChI is InChI=1S/C17H20N6O/c1-2-23(14-6-4-3-5-7-14)15(24)12-8-10-13(11-9-12)21-17(20)22-16(18)19/h3-11H,2H2,1H3,(H6,18,19,20,21,22). The molecule has 2 rings (SSSR count). The second kappa shape index (κ2) is 7.77. The van der Waals surface area contributed by atoms with Gasteiger partial charge in [0.05, 0.1) is 5.69 Å². The van der Waals surface area contributed by atoms with Crippen molar-refractivity contribution in [1.29, 1.82) is 0 Å². The van der Waals surface area contributed by atoms with Gasteiger partial charge in [-0.05, 0) is 43.3 Å². The average molecular weight is 324 g/mol. The van der Waals surface area contributed by atoms with E-state index in [9.17, 15) is 4.79 Å². The number of anilines is 1. The van der Waals surface area contributed by atoms with Crippen molar-refractivity contribution in [3.63, 3.8) is 0 Å². The smallest absolute Gasteiger partial charge is 0.258 e. The molecule has 0 aliphatic rings. The van der Waals surface area contributed by atoms with E-state index in [2.05, 4.69) is 9.98 Å². The zero-order valence-electron chi connectivity index (χ0n) is 13.4. The first-order valence-electron chi connectivity index (χ1n) is 7.42. The van der Waals surface area contributed by atoms with Crippen molar-refractivity contribution < 1.29 is 4.79 Å². The molecule has 2 aromatic carbocycles. The highest BCUT2D eigenvalue weighted by molar-refractivity contribution is 6.06. The number of guanidine groups is 2. The second-order valence-corrected chi connectivity index (χ2v) is 4.94. The molecule has 7 nitrogen and oxygen atoms in total. The summed E-state index contributed by atoms with van der Waals surface area (Å²) >= 11 is 0. The van der Waals surface area contributed by atoms with Crippen LogP contribution in [-0.2, 0) is 0 Å². The van der Waals surface area contributed by atoms with E-state index in [0.717, 1.165) is 5.69 Å². The van der Waals surface area contributed by atoms with Crippen molar-refractivity contribution in [2.45, 2.75) is 6.92 Å². The Balaban J connectivity index is 2.21. The molecule has 0 spiro atoms. The van der Waals surface area contributed by atoms with Crippen molar-refractivity contribution in [2.75, 3.05) is 11.4 Å². The Kier molecular flexibility index (Phi) is 5.51. The Bertz CT molecular complexity index is 748. The molecule has 0 saturated carbocycles. The summed E-state index contributed by atoms with van der Waals surface area (Å²) in [4.78, 5) is 22.0. The van der Waals surface area contributed by atoms with Crippen LogP contribution in [0.5, 0.6) is 0 Å². The number of hydrogen-bond acceptors (Lipinski definition) is 2. The number of nitrogens with zero attached hydrogens (tertiary/aromatic N) is 3. The summed E-state index contributed by atoms with van der Waals surface area (Å²) in [6.07, 6.45) is 0. The maximum atomic E-state index is 12.7. The number of benzene rings is 2. The molecule has 24 heavy (non-hydrogen) atoms. The van der Waals surface area contributed by atoms with Crippen LogP contribution in [0.1, 0.15) is 17.3 Å². The van der Waals surface area contributed by atoms with Gasteiger partial charge in [0.15, 0.2) is 5.96 Å². The molecule has 0 fully saturated rings. The van der Waals surface area contributed by atoms with E-state index in [1.165, 1.54) is 0 Å². The fraction of sp³-hybridized carbons (Fsp3) is 0.118. The number of aliphatic imine (C=N–C) groups is 2. The first-order valence-corrected chi connectivity index (χ1v) is 7.42. The number of nitrogens with two attached hydrogens (primary N) is 3. The predicted octanol–water partition coefficient (Wildman–Crippen LogP) is 1.57. The Morgan fingerprint density at radius 2 is 1.62 bits per heavy atom. The number of para-hydroxylation sites is 1. The predicted molar refractivity (Wildman–Crippen MR) is 97.3 cm³/mol. The first-order chi connectivity index (χ1) is 11.5. The molecule has 0 unspecified atom stereocenters. The normalized spacial score (nSPS) is 11.0. The fourth-order valence-corrected chi connectivity index (χ4v) is 2.18. The molecule has 0 radical (unpaired) electrons. The lowest BCUT2D eigenvalue weighted by molar-refractivity contribution is 0.0988. The second-order valence-electron chi connectivity index (χ2n) is 4.94. The highest BCUT2D eigenvalue weighted by Gasteiger charge is 2.15. The van der Waals surface area contributed by atoms with Gasteiger partial charge in [-0.15, -0.1) is 0 Å². The molecule has 0 bridgehead atoms. The van der Waals surface area contributed by atoms with Crippen molar-refractivity contribution in [2.24, 2.45) is 27.2 Å². The molecule has 0 aromatic heterocycles. The van der Waals surface area contributed by atoms with Gasteiger partial charge in [-0.3, -0.25) is 4.79 Å². The number of carbonyl (C=O) groups excluding carboxylic acids is 1. The molecule has 124 valence electrons. The summed E-state index contributed by atoms with van der Waals surface area (Å²) in [5, 5.41) is 0. The van der Waals surface area contributed by atoms with Crippen LogP contribution in [0.4, 0.5) is 11.4 Å². The van der Waals surface area contributed by atoms with Gasteiger partial charge >= 0.3 is 0 Å². The van der Waals surface area contributed by atoms with Crippen LogP contribution < -0.4 is 22.1 Å². The van der Waals surface area contributed by atoms with Crippen LogP contribution in [0, 0.1) is 0 Å². The maximum Gasteiger partial charge on any atom is 0.258 e. The van der Waals surface area contributed by atoms with Crippen LogP contribution >= 0.6 is 0 Å². The first kappa shape index (κ1) is 17.0. The summed E-state index contributed by atoms with van der Waals surface area (Å²) in [5.41, 5.74) is 18.0. The Labute approximate surface area is 140 Å². The minimum Gasteiger partial charge on any atom is -0.370 e. The van der Waals surface area contributed by atoms with Crippen molar-refractivity contribution in [1.82, 2.24) is 0 Å². The summed E-state index contributed by atoms with van der Waals surface area (Å²) in [7, 11) is 0. The Morgan fingerprint density at radius 1 is 1.00 bits per heavy atom. The quantitative estimate of drug-likeness (QED) is 0.583. The Morgan fingerprint density at radius 3 is 2.17 bits per heavy atom. The third kappa shape index (κ3) is 4.33. The lowest BCUT2D eigenvalue weighted by Gasteiger charge is -2.21. The topological polar surface area (TPSA) is 123 Å². The summed E-state index contributed by atoms with van der Waals surface area (Å²) < 4.78 is 0. The number of amides is 1. The van der Waals surface area contributed by atoms with Gasteiger partial charge in [0.25, 0.3) is 5.91 Å². The van der Waals surface area contributed by atoms with E-state index in [1.807, 2.05) is 37.3 Å². The Hall–Kier alpha value is -3.35. The molecular formula is C17H20N6O. The highest BCUT2D eigenvalue weighted by atomic mass is 16.2. The molecule has 6 N–H and O–H groups in total. The van der Waals surface area contributed by atoms with E-state index in [4.69, 9.17) is 17.2 Å². The number of rotatable bonds is 4.